The summed E-state index contributed by atoms with van der Waals surface area (Å²) in [5.74, 6) is 0.0811. The summed E-state index contributed by atoms with van der Waals surface area (Å²) in [6.45, 7) is 6.73. The van der Waals surface area contributed by atoms with Gasteiger partial charge in [-0.05, 0) is 27.8 Å². The Morgan fingerprint density at radius 3 is 2.40 bits per heavy atom. The van der Waals surface area contributed by atoms with Gasteiger partial charge in [0.1, 0.15) is 4.90 Å². The lowest BCUT2D eigenvalue weighted by molar-refractivity contribution is 0.105. The molecule has 0 aromatic carbocycles. The van der Waals surface area contributed by atoms with E-state index in [1.165, 1.54) is 4.31 Å². The summed E-state index contributed by atoms with van der Waals surface area (Å²) in [7, 11) is -1.53. The summed E-state index contributed by atoms with van der Waals surface area (Å²) >= 11 is 5.80. The van der Waals surface area contributed by atoms with Gasteiger partial charge in [0.05, 0.1) is 17.3 Å². The Kier molecular flexibility index (Phi) is 4.44. The Morgan fingerprint density at radius 2 is 1.90 bits per heavy atom. The van der Waals surface area contributed by atoms with Crippen LogP contribution in [0, 0.1) is 6.92 Å². The lowest BCUT2D eigenvalue weighted by Crippen LogP contribution is -2.56. The molecule has 114 valence electrons. The van der Waals surface area contributed by atoms with E-state index in [2.05, 4.69) is 15.1 Å². The van der Waals surface area contributed by atoms with Gasteiger partial charge in [0.25, 0.3) is 0 Å². The van der Waals surface area contributed by atoms with E-state index < -0.39 is 10.0 Å². The van der Waals surface area contributed by atoms with E-state index in [0.717, 1.165) is 0 Å². The molecule has 6 nitrogen and oxygen atoms in total. The average molecular weight is 321 g/mol. The smallest absolute Gasteiger partial charge is 0.246 e. The minimum absolute atomic E-state index is 0.0811. The fourth-order valence-corrected chi connectivity index (χ4v) is 4.79. The first-order valence-electron chi connectivity index (χ1n) is 6.61. The summed E-state index contributed by atoms with van der Waals surface area (Å²) in [6.07, 6.45) is 0. The van der Waals surface area contributed by atoms with Crippen LogP contribution in [0.2, 0.25) is 0 Å². The molecule has 1 N–H and O–H groups in total. The van der Waals surface area contributed by atoms with Crippen LogP contribution in [-0.2, 0) is 15.9 Å². The molecular weight excluding hydrogens is 300 g/mol. The van der Waals surface area contributed by atoms with Gasteiger partial charge < -0.3 is 0 Å². The predicted molar refractivity (Wildman–Crippen MR) is 78.3 cm³/mol. The molecule has 2 heterocycles. The van der Waals surface area contributed by atoms with Crippen molar-refractivity contribution in [1.29, 1.82) is 0 Å². The molecule has 0 aliphatic carbocycles. The second kappa shape index (κ2) is 5.63. The van der Waals surface area contributed by atoms with Crippen molar-refractivity contribution in [3.63, 3.8) is 0 Å². The number of aromatic nitrogens is 2. The predicted octanol–water partition coefficient (Wildman–Crippen LogP) is 1.17. The van der Waals surface area contributed by atoms with E-state index in [0.29, 0.717) is 24.5 Å². The fourth-order valence-electron chi connectivity index (χ4n) is 2.58. The van der Waals surface area contributed by atoms with Crippen LogP contribution in [0.15, 0.2) is 4.90 Å². The van der Waals surface area contributed by atoms with Gasteiger partial charge in [-0.2, -0.15) is 9.40 Å². The van der Waals surface area contributed by atoms with Gasteiger partial charge >= 0.3 is 0 Å². The number of hydrogen-bond donors (Lipinski definition) is 1. The maximum atomic E-state index is 12.8. The van der Waals surface area contributed by atoms with Crippen LogP contribution in [0.25, 0.3) is 0 Å². The largest absolute Gasteiger partial charge is 0.298 e. The van der Waals surface area contributed by atoms with Gasteiger partial charge in [-0.25, -0.2) is 8.42 Å². The minimum atomic E-state index is -3.55. The number of H-pyrrole nitrogens is 1. The number of hydrogen-bond acceptors (Lipinski definition) is 4. The molecular formula is C12H21ClN4O2S. The van der Waals surface area contributed by atoms with Gasteiger partial charge in [0, 0.05) is 25.2 Å². The minimum Gasteiger partial charge on any atom is -0.298 e. The van der Waals surface area contributed by atoms with E-state index in [4.69, 9.17) is 11.6 Å². The lowest BCUT2D eigenvalue weighted by Gasteiger charge is -2.41. The van der Waals surface area contributed by atoms with E-state index >= 15 is 0 Å². The third kappa shape index (κ3) is 2.59. The molecule has 1 aromatic rings. The molecule has 0 spiro atoms. The Labute approximate surface area is 125 Å². The molecule has 1 aliphatic heterocycles. The summed E-state index contributed by atoms with van der Waals surface area (Å²) < 4.78 is 27.2. The molecule has 1 fully saturated rings. The van der Waals surface area contributed by atoms with Gasteiger partial charge in [0.2, 0.25) is 10.0 Å². The Balaban J connectivity index is 2.38. The van der Waals surface area contributed by atoms with Crippen molar-refractivity contribution in [3.05, 3.63) is 11.4 Å². The number of piperazine rings is 1. The SMILES string of the molecule is Cc1[nH]nc(CCl)c1S(=O)(=O)N1CC(C)N(C)C(C)C1. The molecule has 1 aliphatic rings. The normalized spacial score (nSPS) is 26.1. The maximum absolute atomic E-state index is 12.8. The number of nitrogens with zero attached hydrogens (tertiary/aromatic N) is 3. The number of sulfonamides is 1. The van der Waals surface area contributed by atoms with Gasteiger partial charge in [-0.3, -0.25) is 10.00 Å². The number of nitrogens with one attached hydrogen (secondary N) is 1. The van der Waals surface area contributed by atoms with Crippen molar-refractivity contribution in [3.8, 4) is 0 Å². The van der Waals surface area contributed by atoms with Crippen molar-refractivity contribution >= 4 is 21.6 Å². The zero-order valence-electron chi connectivity index (χ0n) is 12.2. The highest BCUT2D eigenvalue weighted by Crippen LogP contribution is 2.26. The zero-order chi connectivity index (χ0) is 15.1. The molecule has 2 rings (SSSR count). The van der Waals surface area contributed by atoms with Crippen LogP contribution in [0.1, 0.15) is 25.2 Å². The van der Waals surface area contributed by atoms with Crippen molar-refractivity contribution < 1.29 is 8.42 Å². The van der Waals surface area contributed by atoms with Crippen molar-refractivity contribution in [2.45, 2.75) is 43.6 Å². The molecule has 20 heavy (non-hydrogen) atoms. The number of aromatic amines is 1. The van der Waals surface area contributed by atoms with Gasteiger partial charge in [0.15, 0.2) is 0 Å². The Morgan fingerprint density at radius 1 is 1.35 bits per heavy atom. The molecule has 1 aromatic heterocycles. The number of aryl methyl sites for hydroxylation is 1. The van der Waals surface area contributed by atoms with E-state index in [-0.39, 0.29) is 22.9 Å². The van der Waals surface area contributed by atoms with Crippen LogP contribution in [0.4, 0.5) is 0 Å². The van der Waals surface area contributed by atoms with Crippen LogP contribution >= 0.6 is 11.6 Å². The summed E-state index contributed by atoms with van der Waals surface area (Å²) in [6, 6.07) is 0.361. The Hall–Kier alpha value is -0.630. The topological polar surface area (TPSA) is 69.3 Å². The average Bonchev–Trinajstić information content (AvgIpc) is 2.77. The molecule has 2 atom stereocenters. The van der Waals surface area contributed by atoms with E-state index in [9.17, 15) is 8.42 Å². The van der Waals surface area contributed by atoms with Crippen molar-refractivity contribution in [2.75, 3.05) is 20.1 Å². The number of alkyl halides is 1. The first-order valence-corrected chi connectivity index (χ1v) is 8.58. The number of halogens is 1. The summed E-state index contributed by atoms with van der Waals surface area (Å²) in [5, 5.41) is 6.69. The third-order valence-corrected chi connectivity index (χ3v) is 6.30. The number of likely N-dealkylation sites (N-methyl/N-ethyl adjacent to an activating group) is 1. The van der Waals surface area contributed by atoms with E-state index in [1.54, 1.807) is 6.92 Å². The molecule has 0 bridgehead atoms. The highest BCUT2D eigenvalue weighted by molar-refractivity contribution is 7.89. The summed E-state index contributed by atoms with van der Waals surface area (Å²) in [4.78, 5) is 2.42. The molecule has 0 radical (unpaired) electrons. The monoisotopic (exact) mass is 320 g/mol. The quantitative estimate of drug-likeness (QED) is 0.849. The highest BCUT2D eigenvalue weighted by Gasteiger charge is 2.37. The Bertz CT molecular complexity index is 574. The molecule has 8 heteroatoms. The highest BCUT2D eigenvalue weighted by atomic mass is 35.5. The van der Waals surface area contributed by atoms with Crippen LogP contribution in [0.5, 0.6) is 0 Å². The second-order valence-corrected chi connectivity index (χ2v) is 7.59. The number of rotatable bonds is 3. The first kappa shape index (κ1) is 15.8. The van der Waals surface area contributed by atoms with Crippen LogP contribution in [-0.4, -0.2) is 60.0 Å². The first-order chi connectivity index (χ1) is 9.28. The lowest BCUT2D eigenvalue weighted by atomic mass is 10.1. The standard InChI is InChI=1S/C12H21ClN4O2S/c1-8-6-17(7-9(2)16(8)4)20(18,19)12-10(3)14-15-11(12)5-13/h8-9H,5-7H2,1-4H3,(H,14,15). The second-order valence-electron chi connectivity index (χ2n) is 5.44. The van der Waals surface area contributed by atoms with Crippen LogP contribution in [0.3, 0.4) is 0 Å². The molecule has 2 unspecified atom stereocenters. The zero-order valence-corrected chi connectivity index (χ0v) is 13.8. The van der Waals surface area contributed by atoms with Gasteiger partial charge in [-0.1, -0.05) is 0 Å². The van der Waals surface area contributed by atoms with Crippen molar-refractivity contribution in [1.82, 2.24) is 19.4 Å². The maximum Gasteiger partial charge on any atom is 0.246 e. The molecule has 0 amide bonds. The fraction of sp³-hybridized carbons (Fsp3) is 0.750. The molecule has 1 saturated heterocycles. The summed E-state index contributed by atoms with van der Waals surface area (Å²) in [5.41, 5.74) is 0.934. The van der Waals surface area contributed by atoms with E-state index in [1.807, 2.05) is 20.9 Å². The third-order valence-electron chi connectivity index (χ3n) is 4.01. The van der Waals surface area contributed by atoms with Crippen LogP contribution < -0.4 is 0 Å². The van der Waals surface area contributed by atoms with Crippen molar-refractivity contribution in [2.24, 2.45) is 0 Å². The van der Waals surface area contributed by atoms with Gasteiger partial charge in [-0.15, -0.1) is 11.6 Å². The molecule has 0 saturated carbocycles.